The van der Waals surface area contributed by atoms with Gasteiger partial charge in [0.1, 0.15) is 0 Å². The van der Waals surface area contributed by atoms with E-state index < -0.39 is 28.5 Å². The normalized spacial score (nSPS) is 14.5. The molecule has 0 aromatic heterocycles. The third-order valence-corrected chi connectivity index (χ3v) is 10.3. The number of hydrogen-bond acceptors (Lipinski definition) is 4. The van der Waals surface area contributed by atoms with E-state index in [0.29, 0.717) is 12.0 Å². The van der Waals surface area contributed by atoms with Crippen LogP contribution in [0.3, 0.4) is 0 Å². The Morgan fingerprint density at radius 3 is 2.26 bits per heavy atom. The zero-order valence-electron chi connectivity index (χ0n) is 18.5. The Balaban J connectivity index is 2.05. The molecule has 0 heterocycles. The van der Waals surface area contributed by atoms with Gasteiger partial charge < -0.3 is 0 Å². The minimum absolute atomic E-state index is 0.0555. The Bertz CT molecular complexity index is 1020. The van der Waals surface area contributed by atoms with E-state index in [2.05, 4.69) is 38.2 Å². The Labute approximate surface area is 196 Å². The molecule has 1 radical (unpaired) electrons. The van der Waals surface area contributed by atoms with E-state index in [1.807, 2.05) is 19.1 Å². The van der Waals surface area contributed by atoms with Crippen LogP contribution in [-0.2, 0) is 24.9 Å². The van der Waals surface area contributed by atoms with Crippen molar-refractivity contribution in [3.63, 3.8) is 0 Å². The van der Waals surface area contributed by atoms with Gasteiger partial charge in [0.15, 0.2) is 0 Å². The van der Waals surface area contributed by atoms with Crippen molar-refractivity contribution in [1.82, 2.24) is 5.32 Å². The van der Waals surface area contributed by atoms with Gasteiger partial charge in [-0.05, 0) is 11.0 Å². The van der Waals surface area contributed by atoms with Crippen molar-refractivity contribution in [3.8, 4) is 0 Å². The van der Waals surface area contributed by atoms with E-state index >= 15 is 0 Å². The van der Waals surface area contributed by atoms with Crippen molar-refractivity contribution in [2.45, 2.75) is 51.3 Å². The fourth-order valence-corrected chi connectivity index (χ4v) is 7.69. The van der Waals surface area contributed by atoms with Crippen LogP contribution in [0.1, 0.15) is 56.1 Å². The number of benzene rings is 2. The number of hydrogen-bond donors (Lipinski definition) is 2. The van der Waals surface area contributed by atoms with Crippen LogP contribution in [-0.4, -0.2) is 35.2 Å². The maximum atomic E-state index is 14.2. The number of amides is 1. The van der Waals surface area contributed by atoms with Crippen LogP contribution in [0.4, 0.5) is 4.39 Å². The molecule has 31 heavy (non-hydrogen) atoms. The molecule has 0 aliphatic heterocycles. The molecule has 2 aromatic rings. The summed E-state index contributed by atoms with van der Waals surface area (Å²) in [6.07, 6.45) is 1.72. The molecule has 4 nitrogen and oxygen atoms in total. The molecule has 1 N–H and O–H groups in total. The number of halogens is 1. The molecule has 1 amide bonds. The summed E-state index contributed by atoms with van der Waals surface area (Å²) in [5.74, 6) is -1.02. The van der Waals surface area contributed by atoms with Crippen molar-refractivity contribution in [3.05, 3.63) is 65.0 Å². The summed E-state index contributed by atoms with van der Waals surface area (Å²) in [6, 6.07) is 12.6. The van der Waals surface area contributed by atoms with Gasteiger partial charge in [0.25, 0.3) is 0 Å². The minimum atomic E-state index is -3.22. The topological polar surface area (TPSA) is 63.2 Å². The average molecular weight is 527 g/mol. The summed E-state index contributed by atoms with van der Waals surface area (Å²) in [4.78, 5) is 12.8. The molecule has 0 saturated heterocycles. The molecule has 2 aromatic carbocycles. The van der Waals surface area contributed by atoms with Crippen LogP contribution in [0, 0.1) is 11.7 Å². The number of carbonyl (C=O) groups excluding carboxylic acids is 1. The van der Waals surface area contributed by atoms with E-state index in [1.54, 1.807) is 6.07 Å². The zero-order valence-corrected chi connectivity index (χ0v) is 22.1. The SMILES string of the molecule is CCC(C(=O)NCc1ccc([As]S(C)(=O)=O)c(F)c1)C(S)c1ccc(C(C)(C)C)cc1. The molecule has 0 aliphatic carbocycles. The number of thiol groups is 1. The first-order chi connectivity index (χ1) is 14.3. The van der Waals surface area contributed by atoms with Gasteiger partial charge in [-0.15, -0.1) is 0 Å². The van der Waals surface area contributed by atoms with Crippen LogP contribution >= 0.6 is 12.6 Å². The molecule has 0 saturated carbocycles. The summed E-state index contributed by atoms with van der Waals surface area (Å²) < 4.78 is 37.3. The molecule has 2 atom stereocenters. The standard InChI is InChI=1S/C23H30AsFNO3S2/c1-6-18(21(30)16-8-10-17(11-9-16)23(2,3)4)22(27)26-14-15-7-12-19(20(25)13-15)24-31(5,28)29/h7-13,18,21,30H,6,14H2,1-5H3,(H,26,27). The van der Waals surface area contributed by atoms with E-state index in [9.17, 15) is 17.6 Å². The second kappa shape index (κ2) is 10.5. The Kier molecular flexibility index (Phi) is 8.83. The van der Waals surface area contributed by atoms with Crippen molar-refractivity contribution in [1.29, 1.82) is 0 Å². The van der Waals surface area contributed by atoms with Crippen LogP contribution in [0.15, 0.2) is 42.5 Å². The van der Waals surface area contributed by atoms with Crippen LogP contribution in [0.2, 0.25) is 0 Å². The molecule has 169 valence electrons. The first-order valence-corrected chi connectivity index (χ1v) is 15.7. The van der Waals surface area contributed by atoms with Crippen LogP contribution < -0.4 is 9.67 Å². The van der Waals surface area contributed by atoms with Crippen molar-refractivity contribution in [2.75, 3.05) is 6.26 Å². The molecule has 2 unspecified atom stereocenters. The Morgan fingerprint density at radius 1 is 1.16 bits per heavy atom. The first-order valence-electron chi connectivity index (χ1n) is 10.1. The summed E-state index contributed by atoms with van der Waals surface area (Å²) in [7, 11) is -3.22. The first kappa shape index (κ1) is 26.0. The summed E-state index contributed by atoms with van der Waals surface area (Å²) >= 11 is 3.44. The molecule has 0 bridgehead atoms. The molecule has 0 fully saturated rings. The van der Waals surface area contributed by atoms with Crippen LogP contribution in [0.5, 0.6) is 0 Å². The number of rotatable bonds is 8. The van der Waals surface area contributed by atoms with E-state index in [0.717, 1.165) is 11.8 Å². The number of nitrogens with one attached hydrogen (secondary N) is 1. The molecular formula is C23H30AsFNO3S2. The van der Waals surface area contributed by atoms with Gasteiger partial charge in [0.2, 0.25) is 0 Å². The summed E-state index contributed by atoms with van der Waals surface area (Å²) in [6.45, 7) is 8.58. The van der Waals surface area contributed by atoms with E-state index in [4.69, 9.17) is 12.6 Å². The Morgan fingerprint density at radius 2 is 1.77 bits per heavy atom. The molecule has 0 aliphatic rings. The number of carbonyl (C=O) groups is 1. The third kappa shape index (κ3) is 7.65. The average Bonchev–Trinajstić information content (AvgIpc) is 2.67. The second-order valence-corrected chi connectivity index (χ2v) is 17.2. The van der Waals surface area contributed by atoms with Crippen LogP contribution in [0.25, 0.3) is 0 Å². The van der Waals surface area contributed by atoms with Crippen molar-refractivity contribution >= 4 is 45.6 Å². The summed E-state index contributed by atoms with van der Waals surface area (Å²) in [5, 5.41) is 2.61. The van der Waals surface area contributed by atoms with E-state index in [-0.39, 0.29) is 33.4 Å². The van der Waals surface area contributed by atoms with Gasteiger partial charge >= 0.3 is 165 Å². The molecule has 2 rings (SSSR count). The Hall–Kier alpha value is -1.30. The fraction of sp³-hybridized carbons (Fsp3) is 0.435. The van der Waals surface area contributed by atoms with Gasteiger partial charge in [-0.3, -0.25) is 0 Å². The predicted molar refractivity (Wildman–Crippen MR) is 129 cm³/mol. The van der Waals surface area contributed by atoms with Crippen molar-refractivity contribution < 1.29 is 17.6 Å². The summed E-state index contributed by atoms with van der Waals surface area (Å²) in [5.41, 5.74) is 2.85. The monoisotopic (exact) mass is 526 g/mol. The van der Waals surface area contributed by atoms with Gasteiger partial charge in [0.05, 0.1) is 0 Å². The van der Waals surface area contributed by atoms with Gasteiger partial charge in [0, 0.05) is 0 Å². The van der Waals surface area contributed by atoms with E-state index in [1.165, 1.54) is 17.7 Å². The molecule has 8 heteroatoms. The van der Waals surface area contributed by atoms with Gasteiger partial charge in [-0.2, -0.15) is 0 Å². The quantitative estimate of drug-likeness (QED) is 0.407. The fourth-order valence-electron chi connectivity index (χ4n) is 3.20. The maximum absolute atomic E-state index is 14.2. The van der Waals surface area contributed by atoms with Gasteiger partial charge in [-0.1, -0.05) is 20.8 Å². The van der Waals surface area contributed by atoms with Crippen molar-refractivity contribution in [2.24, 2.45) is 5.92 Å². The molecule has 0 spiro atoms. The second-order valence-electron chi connectivity index (χ2n) is 8.66. The molecular weight excluding hydrogens is 496 g/mol. The third-order valence-electron chi connectivity index (χ3n) is 5.02. The predicted octanol–water partition coefficient (Wildman–Crippen LogP) is 3.73. The zero-order chi connectivity index (χ0) is 23.4. The van der Waals surface area contributed by atoms with Gasteiger partial charge in [-0.25, -0.2) is 0 Å².